The summed E-state index contributed by atoms with van der Waals surface area (Å²) in [5, 5.41) is 3.16. The van der Waals surface area contributed by atoms with Gasteiger partial charge in [-0.3, -0.25) is 4.57 Å². The molecule has 0 aliphatic carbocycles. The van der Waals surface area contributed by atoms with E-state index in [2.05, 4.69) is 10.3 Å². The van der Waals surface area contributed by atoms with Crippen LogP contribution in [0.2, 0.25) is 0 Å². The summed E-state index contributed by atoms with van der Waals surface area (Å²) < 4.78 is 28.2. The number of nitrogens with zero attached hydrogens (tertiary/aromatic N) is 2. The molecule has 1 N–H and O–H groups in total. The van der Waals surface area contributed by atoms with E-state index in [1.807, 2.05) is 0 Å². The molecule has 3 nitrogen and oxygen atoms in total. The summed E-state index contributed by atoms with van der Waals surface area (Å²) in [6.07, 6.45) is 3.29. The minimum Gasteiger partial charge on any atom is -0.315 e. The van der Waals surface area contributed by atoms with Gasteiger partial charge >= 0.3 is 0 Å². The fraction of sp³-hybridized carbons (Fsp3) is 0.250. The van der Waals surface area contributed by atoms with E-state index in [0.29, 0.717) is 11.6 Å². The SMILES string of the molecule is Fc1ccc(-n2cncc2C2CNC2)c(F)c1. The van der Waals surface area contributed by atoms with E-state index in [1.54, 1.807) is 17.1 Å². The highest BCUT2D eigenvalue weighted by Crippen LogP contribution is 2.24. The van der Waals surface area contributed by atoms with Crippen molar-refractivity contribution in [1.29, 1.82) is 0 Å². The van der Waals surface area contributed by atoms with E-state index in [0.717, 1.165) is 24.8 Å². The molecule has 1 aromatic carbocycles. The first-order chi connectivity index (χ1) is 8.25. The van der Waals surface area contributed by atoms with E-state index in [9.17, 15) is 8.78 Å². The molecule has 1 aliphatic rings. The second-order valence-corrected chi connectivity index (χ2v) is 4.14. The molecule has 2 heterocycles. The first-order valence-corrected chi connectivity index (χ1v) is 5.44. The molecule has 0 amide bonds. The van der Waals surface area contributed by atoms with Crippen LogP contribution < -0.4 is 5.32 Å². The molecule has 0 spiro atoms. The van der Waals surface area contributed by atoms with Crippen LogP contribution in [0, 0.1) is 11.6 Å². The fourth-order valence-electron chi connectivity index (χ4n) is 1.98. The predicted molar refractivity (Wildman–Crippen MR) is 59.1 cm³/mol. The van der Waals surface area contributed by atoms with Gasteiger partial charge in [-0.15, -0.1) is 0 Å². The van der Waals surface area contributed by atoms with Crippen LogP contribution in [0.15, 0.2) is 30.7 Å². The number of aromatic nitrogens is 2. The first kappa shape index (κ1) is 10.4. The molecule has 1 aromatic heterocycles. The van der Waals surface area contributed by atoms with Crippen LogP contribution in [0.5, 0.6) is 0 Å². The number of imidazole rings is 1. The molecular weight excluding hydrogens is 224 g/mol. The summed E-state index contributed by atoms with van der Waals surface area (Å²) in [5.41, 5.74) is 1.29. The Morgan fingerprint density at radius 2 is 2.12 bits per heavy atom. The average molecular weight is 235 g/mol. The lowest BCUT2D eigenvalue weighted by Gasteiger charge is -2.27. The summed E-state index contributed by atoms with van der Waals surface area (Å²) in [4.78, 5) is 4.04. The molecule has 17 heavy (non-hydrogen) atoms. The summed E-state index contributed by atoms with van der Waals surface area (Å²) in [7, 11) is 0. The van der Waals surface area contributed by atoms with Crippen LogP contribution in [-0.2, 0) is 0 Å². The minimum absolute atomic E-state index is 0.339. The predicted octanol–water partition coefficient (Wildman–Crippen LogP) is 1.84. The number of hydrogen-bond acceptors (Lipinski definition) is 2. The second-order valence-electron chi connectivity index (χ2n) is 4.14. The number of hydrogen-bond donors (Lipinski definition) is 1. The highest BCUT2D eigenvalue weighted by Gasteiger charge is 2.23. The molecule has 3 rings (SSSR count). The Labute approximate surface area is 97.1 Å². The Morgan fingerprint density at radius 1 is 1.29 bits per heavy atom. The highest BCUT2D eigenvalue weighted by molar-refractivity contribution is 5.36. The molecule has 2 aromatic rings. The van der Waals surface area contributed by atoms with Crippen molar-refractivity contribution in [3.8, 4) is 5.69 Å². The highest BCUT2D eigenvalue weighted by atomic mass is 19.1. The van der Waals surface area contributed by atoms with Gasteiger partial charge < -0.3 is 5.32 Å². The van der Waals surface area contributed by atoms with Crippen LogP contribution in [0.1, 0.15) is 11.6 Å². The third-order valence-corrected chi connectivity index (χ3v) is 3.04. The summed E-state index contributed by atoms with van der Waals surface area (Å²) in [5.74, 6) is -0.795. The van der Waals surface area contributed by atoms with Gasteiger partial charge in [0.15, 0.2) is 0 Å². The molecule has 0 unspecified atom stereocenters. The molecule has 1 fully saturated rings. The molecule has 1 saturated heterocycles. The molecule has 88 valence electrons. The maximum atomic E-state index is 13.7. The molecule has 0 bridgehead atoms. The Hall–Kier alpha value is -1.75. The third kappa shape index (κ3) is 1.72. The third-order valence-electron chi connectivity index (χ3n) is 3.04. The second kappa shape index (κ2) is 3.92. The monoisotopic (exact) mass is 235 g/mol. The average Bonchev–Trinajstić information content (AvgIpc) is 2.64. The van der Waals surface area contributed by atoms with Gasteiger partial charge in [-0.05, 0) is 12.1 Å². The zero-order valence-corrected chi connectivity index (χ0v) is 9.03. The molecule has 0 saturated carbocycles. The van der Waals surface area contributed by atoms with Gasteiger partial charge in [-0.1, -0.05) is 0 Å². The van der Waals surface area contributed by atoms with Crippen molar-refractivity contribution in [2.75, 3.05) is 13.1 Å². The van der Waals surface area contributed by atoms with E-state index >= 15 is 0 Å². The lowest BCUT2D eigenvalue weighted by molar-refractivity contribution is 0.434. The number of rotatable bonds is 2. The van der Waals surface area contributed by atoms with Gasteiger partial charge in [-0.2, -0.15) is 0 Å². The van der Waals surface area contributed by atoms with Crippen molar-refractivity contribution < 1.29 is 8.78 Å². The van der Waals surface area contributed by atoms with Crippen LogP contribution in [0.4, 0.5) is 8.78 Å². The zero-order valence-electron chi connectivity index (χ0n) is 9.03. The Bertz CT molecular complexity index is 546. The lowest BCUT2D eigenvalue weighted by Crippen LogP contribution is -2.40. The first-order valence-electron chi connectivity index (χ1n) is 5.44. The summed E-state index contributed by atoms with van der Waals surface area (Å²) in [6, 6.07) is 3.57. The molecule has 1 aliphatic heterocycles. The van der Waals surface area contributed by atoms with Gasteiger partial charge in [0, 0.05) is 37.0 Å². The number of halogens is 2. The standard InChI is InChI=1S/C12H11F2N3/c13-9-1-2-11(10(14)3-9)17-7-16-6-12(17)8-4-15-5-8/h1-3,6-8,15H,4-5H2. The van der Waals surface area contributed by atoms with Crippen molar-refractivity contribution in [3.63, 3.8) is 0 Å². The van der Waals surface area contributed by atoms with Gasteiger partial charge in [0.2, 0.25) is 0 Å². The molecule has 0 atom stereocenters. The Balaban J connectivity index is 2.05. The zero-order chi connectivity index (χ0) is 11.8. The van der Waals surface area contributed by atoms with E-state index in [-0.39, 0.29) is 0 Å². The van der Waals surface area contributed by atoms with E-state index < -0.39 is 11.6 Å². The molecular formula is C12H11F2N3. The van der Waals surface area contributed by atoms with Gasteiger partial charge in [-0.25, -0.2) is 13.8 Å². The lowest BCUT2D eigenvalue weighted by atomic mass is 10.00. The van der Waals surface area contributed by atoms with Gasteiger partial charge in [0.05, 0.1) is 12.0 Å². The van der Waals surface area contributed by atoms with E-state index in [4.69, 9.17) is 0 Å². The maximum Gasteiger partial charge on any atom is 0.150 e. The van der Waals surface area contributed by atoms with Crippen LogP contribution >= 0.6 is 0 Å². The topological polar surface area (TPSA) is 29.9 Å². The Kier molecular flexibility index (Phi) is 2.40. The normalized spacial score (nSPS) is 15.9. The maximum absolute atomic E-state index is 13.7. The van der Waals surface area contributed by atoms with Gasteiger partial charge in [0.1, 0.15) is 11.6 Å². The van der Waals surface area contributed by atoms with Crippen LogP contribution in [0.3, 0.4) is 0 Å². The number of benzene rings is 1. The van der Waals surface area contributed by atoms with Crippen LogP contribution in [0.25, 0.3) is 5.69 Å². The van der Waals surface area contributed by atoms with Crippen molar-refractivity contribution in [3.05, 3.63) is 48.1 Å². The largest absolute Gasteiger partial charge is 0.315 e. The summed E-state index contributed by atoms with van der Waals surface area (Å²) >= 11 is 0. The van der Waals surface area contributed by atoms with Crippen molar-refractivity contribution in [1.82, 2.24) is 14.9 Å². The molecule has 5 heteroatoms. The fourth-order valence-corrected chi connectivity index (χ4v) is 1.98. The van der Waals surface area contributed by atoms with Gasteiger partial charge in [0.25, 0.3) is 0 Å². The number of nitrogens with one attached hydrogen (secondary N) is 1. The minimum atomic E-state index is -0.573. The van der Waals surface area contributed by atoms with Crippen molar-refractivity contribution in [2.24, 2.45) is 0 Å². The van der Waals surface area contributed by atoms with Crippen molar-refractivity contribution >= 4 is 0 Å². The smallest absolute Gasteiger partial charge is 0.150 e. The van der Waals surface area contributed by atoms with Crippen LogP contribution in [-0.4, -0.2) is 22.6 Å². The summed E-state index contributed by atoms with van der Waals surface area (Å²) in [6.45, 7) is 1.74. The Morgan fingerprint density at radius 3 is 2.76 bits per heavy atom. The van der Waals surface area contributed by atoms with Crippen molar-refractivity contribution in [2.45, 2.75) is 5.92 Å². The quantitative estimate of drug-likeness (QED) is 0.860. The molecule has 0 radical (unpaired) electrons. The van der Waals surface area contributed by atoms with E-state index in [1.165, 1.54) is 12.1 Å².